The van der Waals surface area contributed by atoms with E-state index in [2.05, 4.69) is 32.0 Å². The van der Waals surface area contributed by atoms with Crippen LogP contribution in [0.3, 0.4) is 0 Å². The van der Waals surface area contributed by atoms with E-state index in [9.17, 15) is 0 Å². The summed E-state index contributed by atoms with van der Waals surface area (Å²) in [6.07, 6.45) is 5.42. The summed E-state index contributed by atoms with van der Waals surface area (Å²) in [4.78, 5) is 4.05. The number of rotatable bonds is 3. The Hall–Kier alpha value is -1.37. The highest BCUT2D eigenvalue weighted by Gasteiger charge is 2.06. The lowest BCUT2D eigenvalue weighted by molar-refractivity contribution is 0.857. The minimum absolute atomic E-state index is 0.459. The van der Waals surface area contributed by atoms with Gasteiger partial charge >= 0.3 is 0 Å². The topological polar surface area (TPSA) is 12.9 Å². The van der Waals surface area contributed by atoms with Crippen molar-refractivity contribution in [3.63, 3.8) is 0 Å². The molecular weight excluding hydrogens is 182 g/mol. The van der Waals surface area contributed by atoms with Crippen LogP contribution in [-0.4, -0.2) is 4.98 Å². The molecule has 0 aliphatic heterocycles. The van der Waals surface area contributed by atoms with Gasteiger partial charge in [0.1, 0.15) is 0 Å². The van der Waals surface area contributed by atoms with Gasteiger partial charge in [0.05, 0.1) is 0 Å². The first-order valence-corrected chi connectivity index (χ1v) is 5.42. The Morgan fingerprint density at radius 2 is 2.00 bits per heavy atom. The highest BCUT2D eigenvalue weighted by atomic mass is 14.6. The minimum Gasteiger partial charge on any atom is -0.264 e. The summed E-state index contributed by atoms with van der Waals surface area (Å²) in [7, 11) is 0. The van der Waals surface area contributed by atoms with Gasteiger partial charge in [-0.15, -0.1) is 0 Å². The quantitative estimate of drug-likeness (QED) is 0.708. The number of nitrogens with zero attached hydrogens (tertiary/aromatic N) is 1. The summed E-state index contributed by atoms with van der Waals surface area (Å²) < 4.78 is 0. The summed E-state index contributed by atoms with van der Waals surface area (Å²) in [6.45, 7) is 16.1. The molecule has 1 rings (SSSR count). The number of hydrogen-bond donors (Lipinski definition) is 0. The Labute approximate surface area is 93.6 Å². The summed E-state index contributed by atoms with van der Waals surface area (Å²) in [5, 5.41) is 0. The Morgan fingerprint density at radius 3 is 2.47 bits per heavy atom. The van der Waals surface area contributed by atoms with E-state index >= 15 is 0 Å². The normalized spacial score (nSPS) is 9.13. The van der Waals surface area contributed by atoms with E-state index in [4.69, 9.17) is 0 Å². The van der Waals surface area contributed by atoms with Gasteiger partial charge in [0, 0.05) is 12.4 Å². The molecule has 0 aliphatic carbocycles. The SMILES string of the molecule is C=Cc1cnccc1C(=C)C(C)C.CC. The second-order valence-electron chi connectivity index (χ2n) is 3.35. The summed E-state index contributed by atoms with van der Waals surface area (Å²) in [6, 6.07) is 1.99. The van der Waals surface area contributed by atoms with Crippen molar-refractivity contribution < 1.29 is 0 Å². The number of hydrogen-bond acceptors (Lipinski definition) is 1. The average molecular weight is 203 g/mol. The van der Waals surface area contributed by atoms with Crippen molar-refractivity contribution >= 4 is 11.6 Å². The van der Waals surface area contributed by atoms with Gasteiger partial charge in [-0.2, -0.15) is 0 Å². The van der Waals surface area contributed by atoms with Crippen LogP contribution in [0.25, 0.3) is 11.6 Å². The second kappa shape index (κ2) is 6.99. The molecular formula is C14H21N. The smallest absolute Gasteiger partial charge is 0.0346 e. The summed E-state index contributed by atoms with van der Waals surface area (Å²) >= 11 is 0. The van der Waals surface area contributed by atoms with Crippen LogP contribution in [0.15, 0.2) is 31.6 Å². The van der Waals surface area contributed by atoms with E-state index in [1.54, 1.807) is 6.20 Å². The lowest BCUT2D eigenvalue weighted by Crippen LogP contribution is -1.95. The van der Waals surface area contributed by atoms with E-state index in [0.29, 0.717) is 5.92 Å². The van der Waals surface area contributed by atoms with Crippen molar-refractivity contribution in [2.45, 2.75) is 27.7 Å². The van der Waals surface area contributed by atoms with Crippen molar-refractivity contribution in [2.24, 2.45) is 5.92 Å². The van der Waals surface area contributed by atoms with Crippen LogP contribution in [-0.2, 0) is 0 Å². The molecule has 0 saturated heterocycles. The molecule has 0 radical (unpaired) electrons. The fourth-order valence-electron chi connectivity index (χ4n) is 1.17. The van der Waals surface area contributed by atoms with Gasteiger partial charge < -0.3 is 0 Å². The van der Waals surface area contributed by atoms with Crippen molar-refractivity contribution in [3.8, 4) is 0 Å². The predicted octanol–water partition coefficient (Wildman–Crippen LogP) is 4.42. The first kappa shape index (κ1) is 13.6. The molecule has 0 amide bonds. The van der Waals surface area contributed by atoms with Gasteiger partial charge in [0.15, 0.2) is 0 Å². The van der Waals surface area contributed by atoms with Crippen molar-refractivity contribution in [2.75, 3.05) is 0 Å². The fourth-order valence-corrected chi connectivity index (χ4v) is 1.17. The van der Waals surface area contributed by atoms with Crippen LogP contribution in [0.4, 0.5) is 0 Å². The third-order valence-electron chi connectivity index (χ3n) is 2.11. The van der Waals surface area contributed by atoms with Crippen LogP contribution < -0.4 is 0 Å². The van der Waals surface area contributed by atoms with Crippen LogP contribution >= 0.6 is 0 Å². The minimum atomic E-state index is 0.459. The zero-order chi connectivity index (χ0) is 11.8. The number of pyridine rings is 1. The first-order chi connectivity index (χ1) is 7.16. The predicted molar refractivity (Wildman–Crippen MR) is 69.5 cm³/mol. The van der Waals surface area contributed by atoms with Gasteiger partial charge in [0.25, 0.3) is 0 Å². The highest BCUT2D eigenvalue weighted by molar-refractivity contribution is 5.72. The third kappa shape index (κ3) is 3.70. The molecule has 0 aliphatic rings. The Bertz CT molecular complexity index is 324. The van der Waals surface area contributed by atoms with Gasteiger partial charge in [-0.25, -0.2) is 0 Å². The van der Waals surface area contributed by atoms with Gasteiger partial charge in [-0.3, -0.25) is 4.98 Å². The molecule has 0 N–H and O–H groups in total. The molecule has 1 heterocycles. The lowest BCUT2D eigenvalue weighted by Gasteiger charge is -2.11. The zero-order valence-electron chi connectivity index (χ0n) is 10.2. The molecule has 0 bridgehead atoms. The molecule has 1 aromatic rings. The molecule has 82 valence electrons. The van der Waals surface area contributed by atoms with Crippen molar-refractivity contribution in [1.29, 1.82) is 0 Å². The monoisotopic (exact) mass is 203 g/mol. The molecule has 0 atom stereocenters. The number of allylic oxidation sites excluding steroid dienone is 1. The van der Waals surface area contributed by atoms with Crippen molar-refractivity contribution in [3.05, 3.63) is 42.7 Å². The van der Waals surface area contributed by atoms with E-state index < -0.39 is 0 Å². The van der Waals surface area contributed by atoms with Crippen LogP contribution in [0.1, 0.15) is 38.8 Å². The number of aromatic nitrogens is 1. The van der Waals surface area contributed by atoms with E-state index in [1.165, 1.54) is 0 Å². The van der Waals surface area contributed by atoms with Crippen molar-refractivity contribution in [1.82, 2.24) is 4.98 Å². The molecule has 0 spiro atoms. The van der Waals surface area contributed by atoms with E-state index in [-0.39, 0.29) is 0 Å². The zero-order valence-corrected chi connectivity index (χ0v) is 10.2. The van der Waals surface area contributed by atoms with Gasteiger partial charge in [-0.05, 0) is 28.7 Å². The maximum Gasteiger partial charge on any atom is 0.0346 e. The van der Waals surface area contributed by atoms with Gasteiger partial charge in [0.2, 0.25) is 0 Å². The Morgan fingerprint density at radius 1 is 1.40 bits per heavy atom. The molecule has 0 unspecified atom stereocenters. The highest BCUT2D eigenvalue weighted by Crippen LogP contribution is 2.23. The molecule has 0 aromatic carbocycles. The third-order valence-corrected chi connectivity index (χ3v) is 2.11. The van der Waals surface area contributed by atoms with E-state index in [1.807, 2.05) is 32.2 Å². The maximum atomic E-state index is 4.06. The Balaban J connectivity index is 0.000000921. The summed E-state index contributed by atoms with van der Waals surface area (Å²) in [5.74, 6) is 0.459. The molecule has 0 fully saturated rings. The molecule has 15 heavy (non-hydrogen) atoms. The average Bonchev–Trinajstić information content (AvgIpc) is 2.30. The largest absolute Gasteiger partial charge is 0.264 e. The molecule has 1 aromatic heterocycles. The first-order valence-electron chi connectivity index (χ1n) is 5.42. The second-order valence-corrected chi connectivity index (χ2v) is 3.35. The molecule has 1 heteroatoms. The maximum absolute atomic E-state index is 4.06. The fraction of sp³-hybridized carbons (Fsp3) is 0.357. The van der Waals surface area contributed by atoms with Crippen LogP contribution in [0.5, 0.6) is 0 Å². The summed E-state index contributed by atoms with van der Waals surface area (Å²) in [5.41, 5.74) is 3.35. The molecule has 0 saturated carbocycles. The standard InChI is InChI=1S/C12H15N.C2H6/c1-5-11-8-13-7-6-12(11)10(4)9(2)3;1-2/h5-9H,1,4H2,2-3H3;1-2H3. The Kier molecular flexibility index (Phi) is 6.35. The lowest BCUT2D eigenvalue weighted by atomic mass is 9.94. The van der Waals surface area contributed by atoms with Crippen LogP contribution in [0, 0.1) is 5.92 Å². The van der Waals surface area contributed by atoms with Gasteiger partial charge in [-0.1, -0.05) is 46.9 Å². The van der Waals surface area contributed by atoms with Crippen LogP contribution in [0.2, 0.25) is 0 Å². The molecule has 1 nitrogen and oxygen atoms in total. The van der Waals surface area contributed by atoms with E-state index in [0.717, 1.165) is 16.7 Å².